The Hall–Kier alpha value is -1.42. The summed E-state index contributed by atoms with van der Waals surface area (Å²) >= 11 is 0. The number of carbonyl (C=O) groups is 1. The molecule has 122 valence electrons. The van der Waals surface area contributed by atoms with E-state index < -0.39 is 11.5 Å². The van der Waals surface area contributed by atoms with Gasteiger partial charge in [-0.15, -0.1) is 0 Å². The molecule has 1 aromatic rings. The average Bonchev–Trinajstić information content (AvgIpc) is 2.43. The molecule has 2 N–H and O–H groups in total. The summed E-state index contributed by atoms with van der Waals surface area (Å²) in [4.78, 5) is 12.7. The van der Waals surface area contributed by atoms with E-state index >= 15 is 0 Å². The molecule has 0 aromatic heterocycles. The predicted molar refractivity (Wildman–Crippen MR) is 85.0 cm³/mol. The zero-order chi connectivity index (χ0) is 16.4. The molecule has 0 saturated heterocycles. The van der Waals surface area contributed by atoms with Crippen LogP contribution in [0, 0.1) is 11.2 Å². The number of rotatable bonds is 6. The fraction of sp³-hybridized carbons (Fsp3) is 0.611. The molecule has 2 atom stereocenters. The molecule has 1 saturated carbocycles. The highest BCUT2D eigenvalue weighted by molar-refractivity contribution is 5.89. The number of benzene rings is 1. The zero-order valence-corrected chi connectivity index (χ0v) is 13.7. The van der Waals surface area contributed by atoms with Crippen LogP contribution in [0.15, 0.2) is 24.3 Å². The highest BCUT2D eigenvalue weighted by Crippen LogP contribution is 2.44. The van der Waals surface area contributed by atoms with Gasteiger partial charge in [0.05, 0.1) is 11.5 Å². The molecule has 3 nitrogen and oxygen atoms in total. The molecule has 0 spiro atoms. The van der Waals surface area contributed by atoms with Crippen molar-refractivity contribution >= 4 is 5.91 Å². The van der Waals surface area contributed by atoms with Crippen LogP contribution in [0.4, 0.5) is 4.39 Å². The van der Waals surface area contributed by atoms with E-state index in [0.29, 0.717) is 6.54 Å². The molecule has 0 unspecified atom stereocenters. The van der Waals surface area contributed by atoms with Crippen molar-refractivity contribution in [2.24, 2.45) is 5.41 Å². The Kier molecular flexibility index (Phi) is 4.90. The minimum Gasteiger partial charge on any atom is -0.393 e. The van der Waals surface area contributed by atoms with Crippen LogP contribution >= 0.6 is 0 Å². The maximum absolute atomic E-state index is 13.5. The van der Waals surface area contributed by atoms with E-state index in [1.54, 1.807) is 13.0 Å². The first kappa shape index (κ1) is 16.9. The molecule has 4 heteroatoms. The van der Waals surface area contributed by atoms with Crippen molar-refractivity contribution < 1.29 is 14.3 Å². The molecular formula is C18H26FNO2. The lowest BCUT2D eigenvalue weighted by atomic mass is 9.63. The number of hydrogen-bond acceptors (Lipinski definition) is 2. The predicted octanol–water partition coefficient (Wildman–Crippen LogP) is 3.16. The second-order valence-corrected chi connectivity index (χ2v) is 6.81. The fourth-order valence-electron chi connectivity index (χ4n) is 2.98. The van der Waals surface area contributed by atoms with Crippen molar-refractivity contribution in [3.05, 3.63) is 35.6 Å². The second-order valence-electron chi connectivity index (χ2n) is 6.81. The van der Waals surface area contributed by atoms with Gasteiger partial charge in [-0.2, -0.15) is 0 Å². The Bertz CT molecular complexity index is 540. The largest absolute Gasteiger partial charge is 0.393 e. The number of nitrogens with one attached hydrogen (secondary N) is 1. The molecule has 0 radical (unpaired) electrons. The Morgan fingerprint density at radius 2 is 2.18 bits per heavy atom. The summed E-state index contributed by atoms with van der Waals surface area (Å²) in [6, 6.07) is 6.35. The fourth-order valence-corrected chi connectivity index (χ4v) is 2.98. The van der Waals surface area contributed by atoms with Crippen molar-refractivity contribution in [3.8, 4) is 0 Å². The van der Waals surface area contributed by atoms with Gasteiger partial charge in [-0.25, -0.2) is 4.39 Å². The number of aliphatic hydroxyl groups excluding tert-OH is 1. The van der Waals surface area contributed by atoms with Crippen molar-refractivity contribution in [2.75, 3.05) is 6.54 Å². The smallest absolute Gasteiger partial charge is 0.230 e. The van der Waals surface area contributed by atoms with E-state index in [0.717, 1.165) is 31.2 Å². The lowest BCUT2D eigenvalue weighted by molar-refractivity contribution is -0.130. The SMILES string of the molecule is CC[C@](C)(CNC(=O)C1(c2cccc(F)c2)CCC1)[C@@H](C)O. The van der Waals surface area contributed by atoms with Crippen molar-refractivity contribution in [2.45, 2.75) is 58.0 Å². The van der Waals surface area contributed by atoms with Crippen LogP contribution in [0.1, 0.15) is 52.0 Å². The minimum atomic E-state index is -0.602. The van der Waals surface area contributed by atoms with Gasteiger partial charge in [0.2, 0.25) is 5.91 Å². The highest BCUT2D eigenvalue weighted by Gasteiger charge is 2.46. The van der Waals surface area contributed by atoms with E-state index in [4.69, 9.17) is 0 Å². The lowest BCUT2D eigenvalue weighted by Gasteiger charge is -2.42. The summed E-state index contributed by atoms with van der Waals surface area (Å²) in [5.41, 5.74) is -0.190. The first-order valence-corrected chi connectivity index (χ1v) is 8.06. The average molecular weight is 307 g/mol. The maximum Gasteiger partial charge on any atom is 0.230 e. The van der Waals surface area contributed by atoms with Crippen molar-refractivity contribution in [1.82, 2.24) is 5.32 Å². The molecule has 0 aliphatic heterocycles. The van der Waals surface area contributed by atoms with Crippen LogP contribution in [0.25, 0.3) is 0 Å². The van der Waals surface area contributed by atoms with Gasteiger partial charge in [-0.3, -0.25) is 4.79 Å². The molecule has 1 amide bonds. The third-order valence-electron chi connectivity index (χ3n) is 5.49. The van der Waals surface area contributed by atoms with Crippen LogP contribution in [0.5, 0.6) is 0 Å². The summed E-state index contributed by atoms with van der Waals surface area (Å²) < 4.78 is 13.5. The molecule has 1 aliphatic carbocycles. The standard InChI is InChI=1S/C18H26FNO2/c1-4-17(3,13(2)21)12-20-16(22)18(9-6-10-18)14-7-5-8-15(19)11-14/h5,7-8,11,13,21H,4,6,9-10,12H2,1-3H3,(H,20,22)/t13-,17-/m1/s1. The number of aliphatic hydroxyl groups is 1. The lowest BCUT2D eigenvalue weighted by Crippen LogP contribution is -2.52. The topological polar surface area (TPSA) is 49.3 Å². The van der Waals surface area contributed by atoms with Gasteiger partial charge in [-0.1, -0.05) is 32.4 Å². The molecule has 1 aromatic carbocycles. The first-order valence-electron chi connectivity index (χ1n) is 8.06. The van der Waals surface area contributed by atoms with Crippen LogP contribution in [-0.4, -0.2) is 23.7 Å². The van der Waals surface area contributed by atoms with Gasteiger partial charge in [-0.05, 0) is 43.9 Å². The molecular weight excluding hydrogens is 281 g/mol. The van der Waals surface area contributed by atoms with E-state index in [1.165, 1.54) is 12.1 Å². The van der Waals surface area contributed by atoms with Crippen LogP contribution in [-0.2, 0) is 10.2 Å². The van der Waals surface area contributed by atoms with Crippen LogP contribution < -0.4 is 5.32 Å². The summed E-state index contributed by atoms with van der Waals surface area (Å²) in [6.07, 6.45) is 2.76. The maximum atomic E-state index is 13.5. The number of amides is 1. The molecule has 0 bridgehead atoms. The number of carbonyl (C=O) groups excluding carboxylic acids is 1. The van der Waals surface area contributed by atoms with Gasteiger partial charge in [0.15, 0.2) is 0 Å². The third-order valence-corrected chi connectivity index (χ3v) is 5.49. The van der Waals surface area contributed by atoms with Crippen LogP contribution in [0.2, 0.25) is 0 Å². The Morgan fingerprint density at radius 3 is 2.64 bits per heavy atom. The summed E-state index contributed by atoms with van der Waals surface area (Å²) in [7, 11) is 0. The van der Waals surface area contributed by atoms with Gasteiger partial charge in [0.1, 0.15) is 5.82 Å². The van der Waals surface area contributed by atoms with Crippen LogP contribution in [0.3, 0.4) is 0 Å². The zero-order valence-electron chi connectivity index (χ0n) is 13.7. The quantitative estimate of drug-likeness (QED) is 0.848. The molecule has 1 fully saturated rings. The minimum absolute atomic E-state index is 0.0512. The van der Waals surface area contributed by atoms with Gasteiger partial charge in [0, 0.05) is 12.0 Å². The number of halogens is 1. The van der Waals surface area contributed by atoms with E-state index in [2.05, 4.69) is 5.32 Å². The third kappa shape index (κ3) is 3.02. The molecule has 0 heterocycles. The monoisotopic (exact) mass is 307 g/mol. The van der Waals surface area contributed by atoms with Crippen molar-refractivity contribution in [3.63, 3.8) is 0 Å². The van der Waals surface area contributed by atoms with Gasteiger partial charge in [0.25, 0.3) is 0 Å². The van der Waals surface area contributed by atoms with E-state index in [-0.39, 0.29) is 17.1 Å². The highest BCUT2D eigenvalue weighted by atomic mass is 19.1. The van der Waals surface area contributed by atoms with E-state index in [9.17, 15) is 14.3 Å². The molecule has 22 heavy (non-hydrogen) atoms. The van der Waals surface area contributed by atoms with Crippen molar-refractivity contribution in [1.29, 1.82) is 0 Å². The molecule has 1 aliphatic rings. The second kappa shape index (κ2) is 6.37. The Balaban J connectivity index is 2.13. The summed E-state index contributed by atoms with van der Waals surface area (Å²) in [5.74, 6) is -0.358. The first-order chi connectivity index (χ1) is 10.3. The van der Waals surface area contributed by atoms with Gasteiger partial charge < -0.3 is 10.4 Å². The normalized spacial score (nSPS) is 20.6. The molecule has 2 rings (SSSR count). The Morgan fingerprint density at radius 1 is 1.50 bits per heavy atom. The number of hydrogen-bond donors (Lipinski definition) is 2. The van der Waals surface area contributed by atoms with E-state index in [1.807, 2.05) is 19.9 Å². The summed E-state index contributed by atoms with van der Waals surface area (Å²) in [6.45, 7) is 6.15. The Labute approximate surface area is 131 Å². The van der Waals surface area contributed by atoms with Gasteiger partial charge >= 0.3 is 0 Å². The summed E-state index contributed by atoms with van der Waals surface area (Å²) in [5, 5.41) is 12.9.